The van der Waals surface area contributed by atoms with Gasteiger partial charge < -0.3 is 20.1 Å². The fourth-order valence-corrected chi connectivity index (χ4v) is 4.00. The van der Waals surface area contributed by atoms with Crippen molar-refractivity contribution in [3.8, 4) is 0 Å². The highest BCUT2D eigenvalue weighted by Gasteiger charge is 2.25. The third kappa shape index (κ3) is 5.79. The van der Waals surface area contributed by atoms with Crippen molar-refractivity contribution in [3.05, 3.63) is 66.0 Å². The number of aliphatic imine (C=N–C) groups is 1. The molecule has 4 rings (SSSR count). The van der Waals surface area contributed by atoms with Crippen LogP contribution in [0.4, 0.5) is 0 Å². The van der Waals surface area contributed by atoms with E-state index >= 15 is 0 Å². The van der Waals surface area contributed by atoms with E-state index in [0.717, 1.165) is 43.0 Å². The number of carbonyl (C=O) groups excluding carboxylic acids is 1. The van der Waals surface area contributed by atoms with E-state index in [1.54, 1.807) is 7.05 Å². The van der Waals surface area contributed by atoms with Crippen LogP contribution in [0.2, 0.25) is 0 Å². The Labute approximate surface area is 206 Å². The first kappa shape index (κ1) is 24.0. The average Bonchev–Trinajstić information content (AvgIpc) is 3.44. The SMILES string of the molecule is CCC(=O)N1CCC(NC(=NC)NCc2ccc(Cn3cnc4ccccc43)cc2)C1.I. The van der Waals surface area contributed by atoms with Gasteiger partial charge in [-0.3, -0.25) is 9.79 Å². The van der Waals surface area contributed by atoms with E-state index in [1.807, 2.05) is 36.4 Å². The molecule has 170 valence electrons. The van der Waals surface area contributed by atoms with Crippen LogP contribution in [-0.4, -0.2) is 52.5 Å². The molecule has 0 saturated carbocycles. The minimum Gasteiger partial charge on any atom is -0.352 e. The zero-order chi connectivity index (χ0) is 21.6. The summed E-state index contributed by atoms with van der Waals surface area (Å²) in [6, 6.07) is 17.0. The molecule has 3 aromatic rings. The maximum Gasteiger partial charge on any atom is 0.222 e. The van der Waals surface area contributed by atoms with E-state index in [4.69, 9.17) is 0 Å². The summed E-state index contributed by atoms with van der Waals surface area (Å²) in [7, 11) is 1.78. The number of nitrogens with one attached hydrogen (secondary N) is 2. The Kier molecular flexibility index (Phi) is 8.49. The number of imidazole rings is 1. The lowest BCUT2D eigenvalue weighted by molar-refractivity contribution is -0.129. The summed E-state index contributed by atoms with van der Waals surface area (Å²) in [5.41, 5.74) is 4.60. The highest BCUT2D eigenvalue weighted by molar-refractivity contribution is 14.0. The standard InChI is InChI=1S/C24H30N6O.HI/c1-3-23(31)29-13-12-20(16-29)28-24(25-2)26-14-18-8-10-19(11-9-18)15-30-17-27-21-6-4-5-7-22(21)30;/h4-11,17,20H,3,12-16H2,1-2H3,(H2,25,26,28);1H. The second-order valence-corrected chi connectivity index (χ2v) is 7.93. The Morgan fingerprint density at radius 3 is 2.66 bits per heavy atom. The fourth-order valence-electron chi connectivity index (χ4n) is 4.00. The van der Waals surface area contributed by atoms with Crippen molar-refractivity contribution in [3.63, 3.8) is 0 Å². The molecule has 1 fully saturated rings. The van der Waals surface area contributed by atoms with Crippen molar-refractivity contribution in [1.29, 1.82) is 0 Å². The highest BCUT2D eigenvalue weighted by Crippen LogP contribution is 2.15. The van der Waals surface area contributed by atoms with Gasteiger partial charge in [-0.05, 0) is 29.7 Å². The molecule has 8 heteroatoms. The summed E-state index contributed by atoms with van der Waals surface area (Å²) >= 11 is 0. The summed E-state index contributed by atoms with van der Waals surface area (Å²) in [5.74, 6) is 0.987. The number of para-hydroxylation sites is 2. The number of nitrogens with zero attached hydrogens (tertiary/aromatic N) is 4. The third-order valence-corrected chi connectivity index (χ3v) is 5.77. The van der Waals surface area contributed by atoms with Gasteiger partial charge in [-0.25, -0.2) is 4.98 Å². The molecular formula is C24H31IN6O. The number of amides is 1. The van der Waals surface area contributed by atoms with Crippen LogP contribution in [0, 0.1) is 0 Å². The van der Waals surface area contributed by atoms with Gasteiger partial charge in [0, 0.05) is 45.7 Å². The summed E-state index contributed by atoms with van der Waals surface area (Å²) in [5, 5.41) is 6.82. The second-order valence-electron chi connectivity index (χ2n) is 7.93. The maximum absolute atomic E-state index is 11.9. The number of carbonyl (C=O) groups is 1. The van der Waals surface area contributed by atoms with Gasteiger partial charge in [-0.2, -0.15) is 0 Å². The lowest BCUT2D eigenvalue weighted by Crippen LogP contribution is -2.44. The van der Waals surface area contributed by atoms with Gasteiger partial charge in [0.15, 0.2) is 5.96 Å². The first-order valence-electron chi connectivity index (χ1n) is 10.9. The molecule has 0 bridgehead atoms. The van der Waals surface area contributed by atoms with Gasteiger partial charge in [0.05, 0.1) is 17.4 Å². The topological polar surface area (TPSA) is 74.6 Å². The van der Waals surface area contributed by atoms with Crippen molar-refractivity contribution in [2.45, 2.75) is 38.9 Å². The number of rotatable bonds is 6. The molecule has 1 amide bonds. The largest absolute Gasteiger partial charge is 0.352 e. The summed E-state index contributed by atoms with van der Waals surface area (Å²) in [6.07, 6.45) is 3.41. The van der Waals surface area contributed by atoms with Gasteiger partial charge in [0.25, 0.3) is 0 Å². The summed E-state index contributed by atoms with van der Waals surface area (Å²) in [4.78, 5) is 22.6. The Morgan fingerprint density at radius 1 is 1.16 bits per heavy atom. The van der Waals surface area contributed by atoms with Gasteiger partial charge in [0.1, 0.15) is 0 Å². The number of hydrogen-bond donors (Lipinski definition) is 2. The molecule has 32 heavy (non-hydrogen) atoms. The van der Waals surface area contributed by atoms with Crippen molar-refractivity contribution < 1.29 is 4.79 Å². The Balaban J connectivity index is 0.00000289. The number of halogens is 1. The van der Waals surface area contributed by atoms with Crippen LogP contribution in [0.3, 0.4) is 0 Å². The van der Waals surface area contributed by atoms with E-state index in [1.165, 1.54) is 11.1 Å². The summed E-state index contributed by atoms with van der Waals surface area (Å²) in [6.45, 7) is 4.96. The van der Waals surface area contributed by atoms with Crippen LogP contribution in [0.25, 0.3) is 11.0 Å². The molecule has 2 N–H and O–H groups in total. The number of aromatic nitrogens is 2. The zero-order valence-electron chi connectivity index (χ0n) is 18.6. The molecule has 1 aliphatic heterocycles. The molecule has 0 aliphatic carbocycles. The van der Waals surface area contributed by atoms with E-state index in [-0.39, 0.29) is 35.9 Å². The number of benzene rings is 2. The molecule has 1 aromatic heterocycles. The smallest absolute Gasteiger partial charge is 0.222 e. The normalized spacial score (nSPS) is 16.1. The molecule has 2 aromatic carbocycles. The third-order valence-electron chi connectivity index (χ3n) is 5.77. The van der Waals surface area contributed by atoms with Crippen LogP contribution < -0.4 is 10.6 Å². The Morgan fingerprint density at radius 2 is 1.91 bits per heavy atom. The monoisotopic (exact) mass is 546 g/mol. The average molecular weight is 546 g/mol. The van der Waals surface area contributed by atoms with E-state index in [9.17, 15) is 4.79 Å². The summed E-state index contributed by atoms with van der Waals surface area (Å²) < 4.78 is 2.17. The Bertz CT molecular complexity index is 1060. The van der Waals surface area contributed by atoms with Crippen molar-refractivity contribution in [2.75, 3.05) is 20.1 Å². The zero-order valence-corrected chi connectivity index (χ0v) is 21.0. The van der Waals surface area contributed by atoms with Gasteiger partial charge in [-0.15, -0.1) is 24.0 Å². The van der Waals surface area contributed by atoms with Gasteiger partial charge >= 0.3 is 0 Å². The van der Waals surface area contributed by atoms with E-state index < -0.39 is 0 Å². The van der Waals surface area contributed by atoms with Gasteiger partial charge in [0.2, 0.25) is 5.91 Å². The highest BCUT2D eigenvalue weighted by atomic mass is 127. The quantitative estimate of drug-likeness (QED) is 0.283. The predicted octanol–water partition coefficient (Wildman–Crippen LogP) is 3.38. The van der Waals surface area contributed by atoms with Gasteiger partial charge in [-0.1, -0.05) is 43.3 Å². The first-order valence-corrected chi connectivity index (χ1v) is 10.9. The van der Waals surface area contributed by atoms with Crippen LogP contribution in [0.5, 0.6) is 0 Å². The van der Waals surface area contributed by atoms with E-state index in [2.05, 4.69) is 55.5 Å². The molecule has 1 atom stereocenters. The van der Waals surface area contributed by atoms with Crippen molar-refractivity contribution in [1.82, 2.24) is 25.1 Å². The second kappa shape index (κ2) is 11.3. The lowest BCUT2D eigenvalue weighted by atomic mass is 10.1. The van der Waals surface area contributed by atoms with Crippen LogP contribution in [0.15, 0.2) is 59.9 Å². The first-order chi connectivity index (χ1) is 15.2. The molecular weight excluding hydrogens is 515 g/mol. The van der Waals surface area contributed by atoms with E-state index in [0.29, 0.717) is 13.0 Å². The molecule has 1 aliphatic rings. The number of guanidine groups is 1. The molecule has 0 spiro atoms. The van der Waals surface area contributed by atoms with Crippen LogP contribution in [-0.2, 0) is 17.9 Å². The van der Waals surface area contributed by atoms with Crippen LogP contribution >= 0.6 is 24.0 Å². The van der Waals surface area contributed by atoms with Crippen LogP contribution in [0.1, 0.15) is 30.9 Å². The molecule has 7 nitrogen and oxygen atoms in total. The minimum absolute atomic E-state index is 0. The van der Waals surface area contributed by atoms with Crippen molar-refractivity contribution >= 4 is 46.9 Å². The Hall–Kier alpha value is -2.62. The number of fused-ring (bicyclic) bond motifs is 1. The van der Waals surface area contributed by atoms with Crippen molar-refractivity contribution in [2.24, 2.45) is 4.99 Å². The predicted molar refractivity (Wildman–Crippen MR) is 139 cm³/mol. The molecule has 1 unspecified atom stereocenters. The molecule has 1 saturated heterocycles. The lowest BCUT2D eigenvalue weighted by Gasteiger charge is -2.18. The fraction of sp³-hybridized carbons (Fsp3) is 0.375. The maximum atomic E-state index is 11.9. The number of likely N-dealkylation sites (tertiary alicyclic amines) is 1. The number of hydrogen-bond acceptors (Lipinski definition) is 3. The molecule has 0 radical (unpaired) electrons. The molecule has 2 heterocycles. The minimum atomic E-state index is 0.